The van der Waals surface area contributed by atoms with Crippen LogP contribution in [-0.4, -0.2) is 109 Å². The Kier molecular flexibility index (Phi) is 38.0. The summed E-state index contributed by atoms with van der Waals surface area (Å²) in [5.74, 6) is -0.318. The van der Waals surface area contributed by atoms with Crippen molar-refractivity contribution in [1.29, 1.82) is 0 Å². The molecule has 3 aliphatic heterocycles. The van der Waals surface area contributed by atoms with Gasteiger partial charge in [0.05, 0.1) is 46.9 Å². The molecular weight excluding hydrogens is 1340 g/mol. The Morgan fingerprint density at radius 2 is 0.605 bits per heavy atom. The third-order valence-electron chi connectivity index (χ3n) is 16.6. The zero-order valence-electron chi connectivity index (χ0n) is 52.7. The van der Waals surface area contributed by atoms with Gasteiger partial charge in [-0.1, -0.05) is 99.3 Å². The molecule has 0 spiro atoms. The third-order valence-corrected chi connectivity index (χ3v) is 38.6. The summed E-state index contributed by atoms with van der Waals surface area (Å²) in [7, 11) is 0. The number of amides is 6. The number of thiophene rings is 3. The second-order valence-electron chi connectivity index (χ2n) is 23.0. The summed E-state index contributed by atoms with van der Waals surface area (Å²) in [6, 6.07) is 0. The third kappa shape index (κ3) is 22.4. The molecule has 0 saturated carbocycles. The Bertz CT molecular complexity index is 2200. The van der Waals surface area contributed by atoms with Crippen LogP contribution >= 0.6 is 49.9 Å². The first-order valence-electron chi connectivity index (χ1n) is 32.4. The van der Waals surface area contributed by atoms with Crippen LogP contribution in [0, 0.1) is 17.8 Å². The number of imide groups is 3. The number of fused-ring (bicyclic) bond motifs is 3. The molecule has 6 amide bonds. The summed E-state index contributed by atoms with van der Waals surface area (Å²) in [5.41, 5.74) is 2.76. The molecule has 2 radical (unpaired) electrons. The Hall–Kier alpha value is -1.40. The minimum absolute atomic E-state index is 0.128. The van der Waals surface area contributed by atoms with Gasteiger partial charge in [0.2, 0.25) is 0 Å². The summed E-state index contributed by atoms with van der Waals surface area (Å²) < 4.78 is 10.8. The van der Waals surface area contributed by atoms with Crippen LogP contribution in [0.15, 0.2) is 19.9 Å². The van der Waals surface area contributed by atoms with Crippen molar-refractivity contribution >= 4 is 125 Å². The maximum atomic E-state index is 13.5. The van der Waals surface area contributed by atoms with Crippen LogP contribution in [0.1, 0.15) is 299 Å². The molecular formula is C66H108BrN3O6S3Sn2. The molecule has 0 bridgehead atoms. The maximum absolute atomic E-state index is 13.5. The van der Waals surface area contributed by atoms with Gasteiger partial charge < -0.3 is 0 Å². The topological polar surface area (TPSA) is 112 Å². The predicted octanol–water partition coefficient (Wildman–Crippen LogP) is 21.2. The summed E-state index contributed by atoms with van der Waals surface area (Å²) in [6.45, 7) is 28.2. The zero-order valence-corrected chi connectivity index (χ0v) is 62.4. The first kappa shape index (κ1) is 73.9. The molecule has 9 nitrogen and oxygen atoms in total. The van der Waals surface area contributed by atoms with Gasteiger partial charge in [-0.3, -0.25) is 43.5 Å². The van der Waals surface area contributed by atoms with E-state index in [0.29, 0.717) is 68.7 Å². The van der Waals surface area contributed by atoms with Gasteiger partial charge in [-0.25, -0.2) is 0 Å². The van der Waals surface area contributed by atoms with Gasteiger partial charge >= 0.3 is 185 Å². The fourth-order valence-corrected chi connectivity index (χ4v) is 33.5. The summed E-state index contributed by atoms with van der Waals surface area (Å²) in [6.07, 6.45) is 30.2. The molecule has 6 rings (SSSR count). The van der Waals surface area contributed by atoms with Crippen molar-refractivity contribution in [2.75, 3.05) is 19.6 Å². The van der Waals surface area contributed by atoms with Gasteiger partial charge in [0.1, 0.15) is 0 Å². The van der Waals surface area contributed by atoms with Crippen molar-refractivity contribution in [3.8, 4) is 9.75 Å². The van der Waals surface area contributed by atoms with Gasteiger partial charge in [-0.05, 0) is 52.9 Å². The number of unbranched alkanes of at least 4 members (excludes halogenated alkanes) is 9. The molecule has 6 heterocycles. The Labute approximate surface area is 527 Å². The van der Waals surface area contributed by atoms with Crippen molar-refractivity contribution in [1.82, 2.24) is 14.7 Å². The van der Waals surface area contributed by atoms with Crippen LogP contribution in [0.4, 0.5) is 0 Å². The second kappa shape index (κ2) is 41.6. The number of rotatable bonds is 37. The molecule has 0 aliphatic carbocycles. The molecule has 3 unspecified atom stereocenters. The van der Waals surface area contributed by atoms with Crippen LogP contribution in [0.25, 0.3) is 9.75 Å². The van der Waals surface area contributed by atoms with E-state index in [2.05, 4.69) is 99.0 Å². The van der Waals surface area contributed by atoms with Gasteiger partial charge in [0.25, 0.3) is 35.4 Å². The van der Waals surface area contributed by atoms with E-state index < -0.39 is 39.5 Å². The molecule has 456 valence electrons. The van der Waals surface area contributed by atoms with E-state index in [4.69, 9.17) is 0 Å². The summed E-state index contributed by atoms with van der Waals surface area (Å²) in [4.78, 5) is 83.2. The number of carbonyl (C=O) groups excluding carboxylic acids is 6. The molecule has 15 heteroatoms. The molecule has 0 saturated heterocycles. The van der Waals surface area contributed by atoms with Crippen LogP contribution in [0.3, 0.4) is 0 Å². The van der Waals surface area contributed by atoms with E-state index >= 15 is 0 Å². The first-order valence-corrected chi connectivity index (χ1v) is 48.0. The summed E-state index contributed by atoms with van der Waals surface area (Å²) in [5, 5.41) is 5.24. The monoisotopic (exact) mass is 1450 g/mol. The van der Waals surface area contributed by atoms with E-state index in [0.717, 1.165) is 80.8 Å². The van der Waals surface area contributed by atoms with Gasteiger partial charge in [-0.15, -0.1) is 34.0 Å². The van der Waals surface area contributed by atoms with Crippen LogP contribution in [-0.2, 0) is 0 Å². The SMILES string of the molecule is CCCCC(CC)CN1C(=O)c2csc(-c3scc4c3C(=O)N(CC(CC)CCCC)C4=O)c2C1=O.CCCCC(CC)CN1C(=O)c2csc(Br)c2C1=O.CCC[CH2][Sn]([CH2]CCC)[CH2]CCC.CCC[CH2][Sn]([CH2]CCC)[CH2]CCC. The van der Waals surface area contributed by atoms with Crippen LogP contribution < -0.4 is 0 Å². The summed E-state index contributed by atoms with van der Waals surface area (Å²) >= 11 is 5.72. The quantitative estimate of drug-likeness (QED) is 0.0420. The zero-order chi connectivity index (χ0) is 59.9. The minimum atomic E-state index is -0.839. The molecule has 3 aromatic rings. The Balaban J connectivity index is 0.000000320. The Morgan fingerprint density at radius 1 is 0.358 bits per heavy atom. The van der Waals surface area contributed by atoms with E-state index in [1.54, 1.807) is 42.8 Å². The van der Waals surface area contributed by atoms with Crippen LogP contribution in [0.2, 0.25) is 26.6 Å². The molecule has 3 aliphatic rings. The van der Waals surface area contributed by atoms with Crippen molar-refractivity contribution in [3.63, 3.8) is 0 Å². The average Bonchev–Trinajstić information content (AvgIpc) is 4.52. The van der Waals surface area contributed by atoms with Crippen molar-refractivity contribution in [3.05, 3.63) is 53.3 Å². The molecule has 81 heavy (non-hydrogen) atoms. The number of carbonyl (C=O) groups is 6. The standard InChI is InChI=1S/C28H36N2O4S2.C14H18BrNO2S.6C4H9.2Sn/c1-5-9-11-17(7-3)13-29-25(31)19-15-35-23(21(19)27(29)33)24-22-20(16-36-24)26(32)30(28(22)34)14-18(8-4)12-10-6-2;1-3-5-6-9(4-2)7-16-13(17)10-8-19-12(15)11(10)14(16)18;6*1-3-4-2;;/h15-18H,5-14H2,1-4H3;8-9H,3-7H2,1-2H3;6*1,3-4H2,2H3;;. The van der Waals surface area contributed by atoms with Crippen LogP contribution in [0.5, 0.6) is 0 Å². The van der Waals surface area contributed by atoms with Crippen molar-refractivity contribution in [2.24, 2.45) is 17.8 Å². The normalized spacial score (nSPS) is 14.8. The first-order chi connectivity index (χ1) is 39.2. The van der Waals surface area contributed by atoms with E-state index in [1.807, 2.05) is 0 Å². The molecule has 0 fully saturated rings. The number of nitrogens with zero attached hydrogens (tertiary/aromatic N) is 3. The van der Waals surface area contributed by atoms with Gasteiger partial charge in [0.15, 0.2) is 0 Å². The van der Waals surface area contributed by atoms with E-state index in [1.165, 1.54) is 126 Å². The second-order valence-corrected chi connectivity index (χ2v) is 44.1. The number of hydrogen-bond donors (Lipinski definition) is 0. The van der Waals surface area contributed by atoms with E-state index in [-0.39, 0.29) is 47.3 Å². The Morgan fingerprint density at radius 3 is 0.852 bits per heavy atom. The van der Waals surface area contributed by atoms with Crippen molar-refractivity contribution < 1.29 is 28.8 Å². The fraction of sp³-hybridized carbons (Fsp3) is 0.727. The molecule has 3 atom stereocenters. The average molecular weight is 1450 g/mol. The van der Waals surface area contributed by atoms with Crippen molar-refractivity contribution in [2.45, 2.75) is 264 Å². The van der Waals surface area contributed by atoms with Gasteiger partial charge in [-0.2, -0.15) is 0 Å². The predicted molar refractivity (Wildman–Crippen MR) is 355 cm³/mol. The molecule has 0 aromatic carbocycles. The van der Waals surface area contributed by atoms with Gasteiger partial charge in [0, 0.05) is 35.8 Å². The number of halogens is 1. The van der Waals surface area contributed by atoms with E-state index in [9.17, 15) is 28.8 Å². The number of hydrogen-bond acceptors (Lipinski definition) is 9. The molecule has 0 N–H and O–H groups in total. The fourth-order valence-electron chi connectivity index (χ4n) is 10.9. The molecule has 3 aromatic heterocycles.